The summed E-state index contributed by atoms with van der Waals surface area (Å²) in [5.74, 6) is -0.0216. The number of rotatable bonds is 6. The Labute approximate surface area is 164 Å². The number of thiophene rings is 1. The predicted octanol–water partition coefficient (Wildman–Crippen LogP) is 3.85. The molecule has 2 amide bonds. The first-order chi connectivity index (χ1) is 13.0. The van der Waals surface area contributed by atoms with Crippen LogP contribution in [0, 0.1) is 6.92 Å². The quantitative estimate of drug-likeness (QED) is 0.815. The van der Waals surface area contributed by atoms with Crippen LogP contribution in [0.4, 0.5) is 5.00 Å². The van der Waals surface area contributed by atoms with Crippen molar-refractivity contribution < 1.29 is 14.0 Å². The van der Waals surface area contributed by atoms with Gasteiger partial charge < -0.3 is 19.5 Å². The fraction of sp³-hybridized carbons (Fsp3) is 0.500. The number of amides is 2. The summed E-state index contributed by atoms with van der Waals surface area (Å²) < 4.78 is 5.11. The molecule has 0 bridgehead atoms. The predicted molar refractivity (Wildman–Crippen MR) is 108 cm³/mol. The minimum absolute atomic E-state index is 0.0324. The van der Waals surface area contributed by atoms with Crippen LogP contribution in [0.15, 0.2) is 28.9 Å². The molecular formula is C20H27N3O3S. The molecule has 0 saturated carbocycles. The van der Waals surface area contributed by atoms with Crippen LogP contribution in [-0.2, 0) is 0 Å². The molecule has 1 fully saturated rings. The van der Waals surface area contributed by atoms with Crippen LogP contribution >= 0.6 is 11.3 Å². The third-order valence-corrected chi connectivity index (χ3v) is 6.20. The molecule has 1 aliphatic rings. The molecule has 2 aromatic heterocycles. The number of piperidine rings is 1. The molecule has 0 radical (unpaired) electrons. The number of nitrogens with one attached hydrogen (secondary N) is 1. The van der Waals surface area contributed by atoms with Crippen molar-refractivity contribution in [3.05, 3.63) is 40.7 Å². The third kappa shape index (κ3) is 4.59. The Bertz CT molecular complexity index is 777. The molecule has 6 nitrogen and oxygen atoms in total. The maximum atomic E-state index is 13.0. The van der Waals surface area contributed by atoms with Crippen molar-refractivity contribution in [3.8, 4) is 0 Å². The van der Waals surface area contributed by atoms with Gasteiger partial charge in [0.15, 0.2) is 5.76 Å². The van der Waals surface area contributed by atoms with Crippen LogP contribution < -0.4 is 5.32 Å². The Kier molecular flexibility index (Phi) is 6.34. The molecule has 1 saturated heterocycles. The van der Waals surface area contributed by atoms with E-state index in [1.807, 2.05) is 24.9 Å². The molecule has 3 heterocycles. The molecule has 0 aromatic carbocycles. The van der Waals surface area contributed by atoms with E-state index in [0.717, 1.165) is 38.0 Å². The summed E-state index contributed by atoms with van der Waals surface area (Å²) in [4.78, 5) is 30.1. The van der Waals surface area contributed by atoms with Crippen molar-refractivity contribution >= 4 is 28.2 Å². The molecule has 0 unspecified atom stereocenters. The number of carbonyl (C=O) groups excluding carboxylic acids is 2. The number of hydrogen-bond acceptors (Lipinski definition) is 5. The van der Waals surface area contributed by atoms with E-state index in [1.54, 1.807) is 12.1 Å². The molecule has 0 aliphatic carbocycles. The van der Waals surface area contributed by atoms with Gasteiger partial charge in [0.25, 0.3) is 11.8 Å². The highest BCUT2D eigenvalue weighted by molar-refractivity contribution is 7.18. The fourth-order valence-corrected chi connectivity index (χ4v) is 4.56. The van der Waals surface area contributed by atoms with Gasteiger partial charge in [0.1, 0.15) is 0 Å². The fourth-order valence-electron chi connectivity index (χ4n) is 3.51. The zero-order valence-corrected chi connectivity index (χ0v) is 17.0. The zero-order chi connectivity index (χ0) is 19.4. The number of hydrogen-bond donors (Lipinski definition) is 1. The average Bonchev–Trinajstić information content (AvgIpc) is 3.31. The normalized spacial score (nSPS) is 15.7. The molecule has 146 valence electrons. The molecule has 7 heteroatoms. The van der Waals surface area contributed by atoms with Gasteiger partial charge in [0, 0.05) is 26.2 Å². The zero-order valence-electron chi connectivity index (χ0n) is 16.2. The van der Waals surface area contributed by atoms with E-state index in [4.69, 9.17) is 4.42 Å². The highest BCUT2D eigenvalue weighted by Crippen LogP contribution is 2.29. The Morgan fingerprint density at radius 3 is 2.74 bits per heavy atom. The van der Waals surface area contributed by atoms with E-state index in [1.165, 1.54) is 24.0 Å². The van der Waals surface area contributed by atoms with Crippen LogP contribution in [0.1, 0.15) is 52.0 Å². The molecule has 1 N–H and O–H groups in total. The van der Waals surface area contributed by atoms with Crippen molar-refractivity contribution in [2.75, 3.05) is 32.0 Å². The average molecular weight is 390 g/mol. The van der Waals surface area contributed by atoms with E-state index in [2.05, 4.69) is 17.1 Å². The Balaban J connectivity index is 1.63. The number of likely N-dealkylation sites (tertiary alicyclic amines) is 1. The minimum Gasteiger partial charge on any atom is -0.459 e. The van der Waals surface area contributed by atoms with Gasteiger partial charge in [-0.1, -0.05) is 6.92 Å². The summed E-state index contributed by atoms with van der Waals surface area (Å²) in [5, 5.41) is 3.46. The van der Waals surface area contributed by atoms with Crippen molar-refractivity contribution in [2.45, 2.75) is 39.2 Å². The second kappa shape index (κ2) is 8.71. The van der Waals surface area contributed by atoms with Gasteiger partial charge in [-0.05, 0) is 56.5 Å². The number of carbonyl (C=O) groups is 2. The van der Waals surface area contributed by atoms with Gasteiger partial charge in [-0.2, -0.15) is 0 Å². The van der Waals surface area contributed by atoms with Crippen LogP contribution in [0.3, 0.4) is 0 Å². The summed E-state index contributed by atoms with van der Waals surface area (Å²) in [5.41, 5.74) is 0.884. The summed E-state index contributed by atoms with van der Waals surface area (Å²) in [6.07, 6.45) is 4.65. The minimum atomic E-state index is -0.308. The van der Waals surface area contributed by atoms with Gasteiger partial charge in [-0.15, -0.1) is 11.3 Å². The monoisotopic (exact) mass is 389 g/mol. The van der Waals surface area contributed by atoms with E-state index < -0.39 is 0 Å². The van der Waals surface area contributed by atoms with Crippen LogP contribution in [0.5, 0.6) is 0 Å². The standard InChI is InChI=1S/C20H27N3O3S/c1-4-9-23-10-7-15(8-11-23)22(3)20(25)18-14(2)13-17(27-18)21-19(24)16-6-5-12-26-16/h5-6,12-13,15H,4,7-11H2,1-3H3,(H,21,24). The van der Waals surface area contributed by atoms with Crippen molar-refractivity contribution in [1.29, 1.82) is 0 Å². The molecule has 0 atom stereocenters. The molecule has 0 spiro atoms. The summed E-state index contributed by atoms with van der Waals surface area (Å²) in [6.45, 7) is 7.33. The lowest BCUT2D eigenvalue weighted by atomic mass is 10.0. The van der Waals surface area contributed by atoms with E-state index in [-0.39, 0.29) is 23.6 Å². The first-order valence-corrected chi connectivity index (χ1v) is 10.3. The van der Waals surface area contributed by atoms with E-state index in [0.29, 0.717) is 9.88 Å². The Hall–Kier alpha value is -2.12. The number of anilines is 1. The molecule has 3 rings (SSSR count). The maximum Gasteiger partial charge on any atom is 0.291 e. The SMILES string of the molecule is CCCN1CCC(N(C)C(=O)c2sc(NC(=O)c3ccco3)cc2C)CC1. The maximum absolute atomic E-state index is 13.0. The van der Waals surface area contributed by atoms with Crippen LogP contribution in [0.25, 0.3) is 0 Å². The lowest BCUT2D eigenvalue weighted by Gasteiger charge is -2.36. The second-order valence-electron chi connectivity index (χ2n) is 7.04. The summed E-state index contributed by atoms with van der Waals surface area (Å²) in [7, 11) is 1.89. The molecule has 27 heavy (non-hydrogen) atoms. The number of nitrogens with zero attached hydrogens (tertiary/aromatic N) is 2. The Morgan fingerprint density at radius 1 is 1.37 bits per heavy atom. The van der Waals surface area contributed by atoms with Gasteiger partial charge in [0.2, 0.25) is 0 Å². The first kappa shape index (κ1) is 19.6. The third-order valence-electron chi connectivity index (χ3n) is 5.06. The lowest BCUT2D eigenvalue weighted by Crippen LogP contribution is -2.45. The van der Waals surface area contributed by atoms with Crippen LogP contribution in [-0.4, -0.2) is 54.3 Å². The summed E-state index contributed by atoms with van der Waals surface area (Å²) >= 11 is 1.32. The first-order valence-electron chi connectivity index (χ1n) is 9.44. The van der Waals surface area contributed by atoms with E-state index >= 15 is 0 Å². The van der Waals surface area contributed by atoms with E-state index in [9.17, 15) is 9.59 Å². The van der Waals surface area contributed by atoms with Gasteiger partial charge >= 0.3 is 0 Å². The van der Waals surface area contributed by atoms with Crippen molar-refractivity contribution in [3.63, 3.8) is 0 Å². The number of aryl methyl sites for hydroxylation is 1. The lowest BCUT2D eigenvalue weighted by molar-refractivity contribution is 0.0646. The molecule has 1 aliphatic heterocycles. The van der Waals surface area contributed by atoms with Crippen molar-refractivity contribution in [1.82, 2.24) is 9.80 Å². The van der Waals surface area contributed by atoms with Crippen molar-refractivity contribution in [2.24, 2.45) is 0 Å². The molecule has 2 aromatic rings. The smallest absolute Gasteiger partial charge is 0.291 e. The second-order valence-corrected chi connectivity index (χ2v) is 8.10. The van der Waals surface area contributed by atoms with Gasteiger partial charge in [0.05, 0.1) is 16.1 Å². The van der Waals surface area contributed by atoms with Gasteiger partial charge in [-0.25, -0.2) is 0 Å². The highest BCUT2D eigenvalue weighted by atomic mass is 32.1. The summed E-state index contributed by atoms with van der Waals surface area (Å²) in [6, 6.07) is 5.40. The van der Waals surface area contributed by atoms with Crippen LogP contribution in [0.2, 0.25) is 0 Å². The molecular weight excluding hydrogens is 362 g/mol. The topological polar surface area (TPSA) is 65.8 Å². The highest BCUT2D eigenvalue weighted by Gasteiger charge is 2.27. The number of furan rings is 1. The van der Waals surface area contributed by atoms with Gasteiger partial charge in [-0.3, -0.25) is 9.59 Å². The Morgan fingerprint density at radius 2 is 2.11 bits per heavy atom. The largest absolute Gasteiger partial charge is 0.459 e.